The number of hydrogen-bond acceptors (Lipinski definition) is 7. The Bertz CT molecular complexity index is 1320. The lowest BCUT2D eigenvalue weighted by Gasteiger charge is -2.22. The molecule has 0 bridgehead atoms. The van der Waals surface area contributed by atoms with E-state index in [9.17, 15) is 37.1 Å². The molecule has 2 aromatic rings. The standard InChI is InChI=1S/C25H28F4N4O6/c1-14-12-33(24(37)32-22(14)35)21-10-18(34)19(39-21)13-38-8-4-2-3-5-20(25(27,28)29)31-23(36)15-6-7-17(26)16(9-15)11-30/h6-7,9,12,18-21,34H,2-5,8,10,13H2,1H3,(H,31,36)(H,32,35,37)/t18-,19+,20?,21+/m0/s1. The Labute approximate surface area is 220 Å². The van der Waals surface area contributed by atoms with Crippen LogP contribution in [0.4, 0.5) is 17.6 Å². The molecule has 1 unspecified atom stereocenters. The van der Waals surface area contributed by atoms with Crippen LogP contribution in [-0.2, 0) is 9.47 Å². The number of aliphatic hydroxyl groups excluding tert-OH is 1. The van der Waals surface area contributed by atoms with Crippen LogP contribution >= 0.6 is 0 Å². The van der Waals surface area contributed by atoms with Gasteiger partial charge in [-0.2, -0.15) is 18.4 Å². The number of H-pyrrole nitrogens is 1. The molecule has 10 nitrogen and oxygen atoms in total. The third-order valence-corrected chi connectivity index (χ3v) is 6.27. The fourth-order valence-electron chi connectivity index (χ4n) is 4.08. The normalized spacial score (nSPS) is 20.0. The summed E-state index contributed by atoms with van der Waals surface area (Å²) in [6, 6.07) is 2.15. The number of ether oxygens (including phenoxy) is 2. The Hall–Kier alpha value is -3.54. The number of halogens is 4. The fourth-order valence-corrected chi connectivity index (χ4v) is 4.08. The molecule has 0 radical (unpaired) electrons. The highest BCUT2D eigenvalue weighted by Gasteiger charge is 2.40. The maximum atomic E-state index is 13.4. The predicted molar refractivity (Wildman–Crippen MR) is 128 cm³/mol. The Kier molecular flexibility index (Phi) is 10.0. The van der Waals surface area contributed by atoms with Crippen molar-refractivity contribution in [3.63, 3.8) is 0 Å². The third-order valence-electron chi connectivity index (χ3n) is 6.27. The van der Waals surface area contributed by atoms with E-state index < -0.39 is 59.2 Å². The van der Waals surface area contributed by atoms with Crippen LogP contribution in [0.2, 0.25) is 0 Å². The summed E-state index contributed by atoms with van der Waals surface area (Å²) in [6.45, 7) is 1.71. The lowest BCUT2D eigenvalue weighted by Crippen LogP contribution is -2.45. The van der Waals surface area contributed by atoms with E-state index in [1.807, 2.05) is 5.32 Å². The van der Waals surface area contributed by atoms with Gasteiger partial charge in [0.1, 0.15) is 30.3 Å². The van der Waals surface area contributed by atoms with Crippen molar-refractivity contribution in [3.8, 4) is 6.07 Å². The van der Waals surface area contributed by atoms with Gasteiger partial charge in [-0.1, -0.05) is 12.8 Å². The van der Waals surface area contributed by atoms with Gasteiger partial charge in [0.2, 0.25) is 0 Å². The summed E-state index contributed by atoms with van der Waals surface area (Å²) in [4.78, 5) is 38.0. The lowest BCUT2D eigenvalue weighted by atomic mass is 10.1. The zero-order chi connectivity index (χ0) is 28.7. The van der Waals surface area contributed by atoms with E-state index in [2.05, 4.69) is 4.98 Å². The predicted octanol–water partition coefficient (Wildman–Crippen LogP) is 2.44. The number of aromatic amines is 1. The number of aliphatic hydroxyl groups is 1. The second kappa shape index (κ2) is 13.0. The zero-order valence-electron chi connectivity index (χ0n) is 21.0. The molecule has 3 rings (SSSR count). The molecule has 1 fully saturated rings. The van der Waals surface area contributed by atoms with Gasteiger partial charge in [-0.15, -0.1) is 0 Å². The molecule has 4 atom stereocenters. The molecule has 0 spiro atoms. The van der Waals surface area contributed by atoms with E-state index in [1.165, 1.54) is 23.8 Å². The highest BCUT2D eigenvalue weighted by Crippen LogP contribution is 2.28. The van der Waals surface area contributed by atoms with Gasteiger partial charge < -0.3 is 19.9 Å². The number of nitrogens with zero attached hydrogens (tertiary/aromatic N) is 2. The Morgan fingerprint density at radius 1 is 1.33 bits per heavy atom. The largest absolute Gasteiger partial charge is 0.408 e. The van der Waals surface area contributed by atoms with Crippen molar-refractivity contribution in [3.05, 3.63) is 67.7 Å². The average Bonchev–Trinajstić information content (AvgIpc) is 3.24. The average molecular weight is 557 g/mol. The minimum atomic E-state index is -4.71. The Morgan fingerprint density at radius 3 is 2.77 bits per heavy atom. The van der Waals surface area contributed by atoms with Crippen molar-refractivity contribution in [1.29, 1.82) is 5.26 Å². The molecule has 1 amide bonds. The van der Waals surface area contributed by atoms with Crippen molar-refractivity contribution in [2.45, 2.75) is 69.7 Å². The van der Waals surface area contributed by atoms with E-state index in [0.717, 1.165) is 18.2 Å². The van der Waals surface area contributed by atoms with Crippen LogP contribution in [0.5, 0.6) is 0 Å². The highest BCUT2D eigenvalue weighted by molar-refractivity contribution is 5.94. The monoisotopic (exact) mass is 556 g/mol. The molecular weight excluding hydrogens is 528 g/mol. The molecule has 39 heavy (non-hydrogen) atoms. The number of nitrogens with one attached hydrogen (secondary N) is 2. The zero-order valence-corrected chi connectivity index (χ0v) is 21.0. The van der Waals surface area contributed by atoms with Crippen molar-refractivity contribution in [2.24, 2.45) is 0 Å². The summed E-state index contributed by atoms with van der Waals surface area (Å²) in [5, 5.41) is 21.0. The van der Waals surface area contributed by atoms with E-state index in [1.54, 1.807) is 0 Å². The van der Waals surface area contributed by atoms with Crippen LogP contribution in [-0.4, -0.2) is 58.2 Å². The van der Waals surface area contributed by atoms with E-state index in [4.69, 9.17) is 14.7 Å². The number of benzene rings is 1. The summed E-state index contributed by atoms with van der Waals surface area (Å²) < 4.78 is 66.1. The molecule has 14 heteroatoms. The maximum absolute atomic E-state index is 13.4. The van der Waals surface area contributed by atoms with Crippen molar-refractivity contribution in [2.75, 3.05) is 13.2 Å². The molecule has 0 saturated carbocycles. The molecule has 212 valence electrons. The smallest absolute Gasteiger partial charge is 0.390 e. The molecular formula is C25H28F4N4O6. The van der Waals surface area contributed by atoms with Crippen molar-refractivity contribution >= 4 is 5.91 Å². The van der Waals surface area contributed by atoms with Gasteiger partial charge in [-0.25, -0.2) is 9.18 Å². The van der Waals surface area contributed by atoms with Gasteiger partial charge in [0, 0.05) is 30.4 Å². The number of carbonyl (C=O) groups excluding carboxylic acids is 1. The van der Waals surface area contributed by atoms with Gasteiger partial charge in [-0.05, 0) is 38.0 Å². The SMILES string of the molecule is Cc1cn([C@H]2C[C@H](O)[C@@H](COCCCCCC(NC(=O)c3ccc(F)c(C#N)c3)C(F)(F)F)O2)c(=O)[nH]c1=O. The Balaban J connectivity index is 1.40. The van der Waals surface area contributed by atoms with Crippen LogP contribution in [0.3, 0.4) is 0 Å². The summed E-state index contributed by atoms with van der Waals surface area (Å²) in [5.74, 6) is -1.94. The first-order valence-corrected chi connectivity index (χ1v) is 12.2. The quantitative estimate of drug-likeness (QED) is 0.285. The van der Waals surface area contributed by atoms with Crippen LogP contribution in [0, 0.1) is 24.1 Å². The minimum absolute atomic E-state index is 0.00165. The minimum Gasteiger partial charge on any atom is -0.390 e. The van der Waals surface area contributed by atoms with Crippen molar-refractivity contribution < 1.29 is 36.9 Å². The summed E-state index contributed by atoms with van der Waals surface area (Å²) in [5.41, 5.74) is -1.57. The van der Waals surface area contributed by atoms with Gasteiger partial charge >= 0.3 is 11.9 Å². The highest BCUT2D eigenvalue weighted by atomic mass is 19.4. The number of hydrogen-bond donors (Lipinski definition) is 3. The Morgan fingerprint density at radius 2 is 2.08 bits per heavy atom. The number of carbonyl (C=O) groups is 1. The molecule has 1 aliphatic heterocycles. The first-order valence-electron chi connectivity index (χ1n) is 12.2. The number of aromatic nitrogens is 2. The molecule has 3 N–H and O–H groups in total. The third kappa shape index (κ3) is 7.98. The topological polar surface area (TPSA) is 146 Å². The maximum Gasteiger partial charge on any atom is 0.408 e. The number of nitriles is 1. The van der Waals surface area contributed by atoms with Crippen LogP contribution in [0.1, 0.15) is 59.8 Å². The summed E-state index contributed by atoms with van der Waals surface area (Å²) >= 11 is 0. The first-order chi connectivity index (χ1) is 18.4. The van der Waals surface area contributed by atoms with E-state index in [0.29, 0.717) is 18.4 Å². The number of aryl methyl sites for hydroxylation is 1. The van der Waals surface area contributed by atoms with Gasteiger partial charge in [-0.3, -0.25) is 19.1 Å². The number of rotatable bonds is 11. The first kappa shape index (κ1) is 30.0. The van der Waals surface area contributed by atoms with E-state index in [-0.39, 0.29) is 38.0 Å². The molecule has 1 saturated heterocycles. The van der Waals surface area contributed by atoms with Crippen LogP contribution in [0.15, 0.2) is 34.0 Å². The van der Waals surface area contributed by atoms with Gasteiger partial charge in [0.05, 0.1) is 18.3 Å². The number of alkyl halides is 3. The van der Waals surface area contributed by atoms with E-state index >= 15 is 0 Å². The molecule has 1 aliphatic rings. The number of amides is 1. The number of unbranched alkanes of at least 4 members (excludes halogenated alkanes) is 2. The molecule has 2 heterocycles. The lowest BCUT2D eigenvalue weighted by molar-refractivity contribution is -0.155. The van der Waals surface area contributed by atoms with Crippen LogP contribution in [0.25, 0.3) is 0 Å². The molecule has 1 aromatic carbocycles. The fraction of sp³-hybridized carbons (Fsp3) is 0.520. The summed E-state index contributed by atoms with van der Waals surface area (Å²) in [6.07, 6.45) is -5.17. The second-order valence-electron chi connectivity index (χ2n) is 9.21. The summed E-state index contributed by atoms with van der Waals surface area (Å²) in [7, 11) is 0. The van der Waals surface area contributed by atoms with Crippen LogP contribution < -0.4 is 16.6 Å². The van der Waals surface area contributed by atoms with Gasteiger partial charge in [0.25, 0.3) is 11.5 Å². The second-order valence-corrected chi connectivity index (χ2v) is 9.21. The molecule has 1 aromatic heterocycles. The van der Waals surface area contributed by atoms with Gasteiger partial charge in [0.15, 0.2) is 0 Å². The van der Waals surface area contributed by atoms with Crippen molar-refractivity contribution in [1.82, 2.24) is 14.9 Å². The molecule has 0 aliphatic carbocycles.